The molecule has 0 spiro atoms. The van der Waals surface area contributed by atoms with Gasteiger partial charge in [-0.3, -0.25) is 0 Å². The summed E-state index contributed by atoms with van der Waals surface area (Å²) in [6, 6.07) is 8.62. The van der Waals surface area contributed by atoms with Gasteiger partial charge in [0.1, 0.15) is 0 Å². The molecule has 0 heterocycles. The van der Waals surface area contributed by atoms with Crippen molar-refractivity contribution in [2.75, 3.05) is 0 Å². The van der Waals surface area contributed by atoms with Crippen LogP contribution in [-0.4, -0.2) is 10.8 Å². The molecule has 0 N–H and O–H groups in total. The standard InChI is InChI=1S/C10H10Cl2F2/c1-7(10(12,14)9(11)13)8-5-3-2-4-6-8/h2-7,9H,1H3. The summed E-state index contributed by atoms with van der Waals surface area (Å²) >= 11 is 10.4. The number of hydrogen-bond acceptors (Lipinski definition) is 0. The SMILES string of the molecule is CC(c1ccccc1)C(F)(Cl)C(F)Cl. The second-order valence-corrected chi connectivity index (χ2v) is 4.07. The topological polar surface area (TPSA) is 0 Å². The van der Waals surface area contributed by atoms with Gasteiger partial charge in [-0.25, -0.2) is 8.78 Å². The van der Waals surface area contributed by atoms with Crippen LogP contribution in [0.1, 0.15) is 18.4 Å². The average Bonchev–Trinajstić information content (AvgIpc) is 2.17. The smallest absolute Gasteiger partial charge is 0.225 e. The Morgan fingerprint density at radius 3 is 2.21 bits per heavy atom. The van der Waals surface area contributed by atoms with Crippen LogP contribution >= 0.6 is 23.2 Å². The Labute approximate surface area is 91.8 Å². The first-order valence-electron chi connectivity index (χ1n) is 4.17. The summed E-state index contributed by atoms with van der Waals surface area (Å²) in [5, 5.41) is -2.57. The number of hydrogen-bond donors (Lipinski definition) is 0. The molecule has 3 unspecified atom stereocenters. The predicted molar refractivity (Wildman–Crippen MR) is 55.3 cm³/mol. The molecule has 3 atom stereocenters. The maximum absolute atomic E-state index is 13.6. The summed E-state index contributed by atoms with van der Waals surface area (Å²) in [6.07, 6.45) is 0. The largest absolute Gasteiger partial charge is 0.234 e. The van der Waals surface area contributed by atoms with Gasteiger partial charge in [0, 0.05) is 5.92 Å². The lowest BCUT2D eigenvalue weighted by Crippen LogP contribution is -2.30. The molecular formula is C10H10Cl2F2. The zero-order chi connectivity index (χ0) is 10.8. The van der Waals surface area contributed by atoms with Crippen LogP contribution < -0.4 is 0 Å². The Morgan fingerprint density at radius 2 is 1.79 bits per heavy atom. The zero-order valence-electron chi connectivity index (χ0n) is 7.55. The third kappa shape index (κ3) is 2.37. The van der Waals surface area contributed by atoms with Crippen molar-refractivity contribution in [3.05, 3.63) is 35.9 Å². The van der Waals surface area contributed by atoms with Crippen molar-refractivity contribution in [2.45, 2.75) is 23.6 Å². The minimum atomic E-state index is -2.57. The molecule has 0 aliphatic rings. The monoisotopic (exact) mass is 238 g/mol. The molecule has 0 radical (unpaired) electrons. The van der Waals surface area contributed by atoms with E-state index in [4.69, 9.17) is 23.2 Å². The van der Waals surface area contributed by atoms with E-state index in [9.17, 15) is 8.78 Å². The summed E-state index contributed by atoms with van der Waals surface area (Å²) in [5.41, 5.74) is -1.60. The van der Waals surface area contributed by atoms with Crippen molar-refractivity contribution >= 4 is 23.2 Å². The van der Waals surface area contributed by atoms with E-state index in [0.717, 1.165) is 0 Å². The fourth-order valence-electron chi connectivity index (χ4n) is 1.15. The molecule has 0 aliphatic carbocycles. The van der Waals surface area contributed by atoms with Crippen LogP contribution in [-0.2, 0) is 0 Å². The molecule has 4 heteroatoms. The first kappa shape index (κ1) is 11.7. The Kier molecular flexibility index (Phi) is 3.73. The lowest BCUT2D eigenvalue weighted by Gasteiger charge is -2.25. The molecule has 1 rings (SSSR count). The van der Waals surface area contributed by atoms with Crippen LogP contribution in [0.15, 0.2) is 30.3 Å². The minimum absolute atomic E-state index is 0.619. The van der Waals surface area contributed by atoms with E-state index in [1.807, 2.05) is 0 Å². The van der Waals surface area contributed by atoms with Gasteiger partial charge in [0.15, 0.2) is 0 Å². The molecule has 0 nitrogen and oxygen atoms in total. The van der Waals surface area contributed by atoms with E-state index in [1.165, 1.54) is 6.92 Å². The number of benzene rings is 1. The molecule has 0 saturated carbocycles. The second kappa shape index (κ2) is 4.45. The zero-order valence-corrected chi connectivity index (χ0v) is 9.07. The fourth-order valence-corrected chi connectivity index (χ4v) is 1.47. The Balaban J connectivity index is 2.90. The first-order chi connectivity index (χ1) is 6.46. The highest BCUT2D eigenvalue weighted by molar-refractivity contribution is 6.31. The van der Waals surface area contributed by atoms with Gasteiger partial charge in [-0.2, -0.15) is 0 Å². The fraction of sp³-hybridized carbons (Fsp3) is 0.400. The van der Waals surface area contributed by atoms with Crippen molar-refractivity contribution in [3.8, 4) is 0 Å². The second-order valence-electron chi connectivity index (χ2n) is 3.11. The molecule has 0 bridgehead atoms. The van der Waals surface area contributed by atoms with Gasteiger partial charge >= 0.3 is 0 Å². The summed E-state index contributed by atoms with van der Waals surface area (Å²) < 4.78 is 26.2. The normalized spacial score (nSPS) is 19.8. The highest BCUT2D eigenvalue weighted by atomic mass is 35.5. The van der Waals surface area contributed by atoms with Crippen molar-refractivity contribution in [2.24, 2.45) is 0 Å². The van der Waals surface area contributed by atoms with Crippen LogP contribution in [0.25, 0.3) is 0 Å². The first-order valence-corrected chi connectivity index (χ1v) is 4.98. The van der Waals surface area contributed by atoms with Gasteiger partial charge in [0.25, 0.3) is 0 Å². The quantitative estimate of drug-likeness (QED) is 0.692. The maximum atomic E-state index is 13.6. The van der Waals surface area contributed by atoms with Crippen LogP contribution in [0.4, 0.5) is 8.78 Å². The summed E-state index contributed by atoms with van der Waals surface area (Å²) in [5.74, 6) is -0.794. The molecule has 1 aromatic rings. The Morgan fingerprint density at radius 1 is 1.29 bits per heavy atom. The summed E-state index contributed by atoms with van der Waals surface area (Å²) in [4.78, 5) is 0. The molecule has 0 aliphatic heterocycles. The Hall–Kier alpha value is -0.340. The van der Waals surface area contributed by atoms with Crippen LogP contribution in [0, 0.1) is 0 Å². The minimum Gasteiger partial charge on any atom is -0.225 e. The van der Waals surface area contributed by atoms with E-state index in [0.29, 0.717) is 5.56 Å². The van der Waals surface area contributed by atoms with Crippen LogP contribution in [0.3, 0.4) is 0 Å². The lowest BCUT2D eigenvalue weighted by molar-refractivity contribution is 0.158. The number of halogens is 4. The summed E-state index contributed by atoms with van der Waals surface area (Å²) in [6.45, 7) is 1.50. The van der Waals surface area contributed by atoms with Crippen molar-refractivity contribution < 1.29 is 8.78 Å². The Bertz CT molecular complexity index is 285. The van der Waals surface area contributed by atoms with Gasteiger partial charge in [0.2, 0.25) is 10.8 Å². The molecule has 14 heavy (non-hydrogen) atoms. The molecule has 1 aromatic carbocycles. The number of rotatable bonds is 3. The predicted octanol–water partition coefficient (Wildman–Crippen LogP) is 4.23. The van der Waals surface area contributed by atoms with Gasteiger partial charge < -0.3 is 0 Å². The molecule has 0 saturated heterocycles. The average molecular weight is 239 g/mol. The molecular weight excluding hydrogens is 229 g/mol. The molecule has 0 aromatic heterocycles. The van der Waals surface area contributed by atoms with Gasteiger partial charge in [-0.1, -0.05) is 60.5 Å². The van der Waals surface area contributed by atoms with Gasteiger partial charge in [-0.05, 0) is 5.56 Å². The van der Waals surface area contributed by atoms with Crippen LogP contribution in [0.5, 0.6) is 0 Å². The van der Waals surface area contributed by atoms with Gasteiger partial charge in [-0.15, -0.1) is 0 Å². The third-order valence-corrected chi connectivity index (χ3v) is 3.12. The van der Waals surface area contributed by atoms with E-state index in [1.54, 1.807) is 30.3 Å². The third-order valence-electron chi connectivity index (χ3n) is 2.17. The van der Waals surface area contributed by atoms with Crippen LogP contribution in [0.2, 0.25) is 0 Å². The van der Waals surface area contributed by atoms with E-state index in [2.05, 4.69) is 0 Å². The number of alkyl halides is 4. The van der Waals surface area contributed by atoms with Gasteiger partial charge in [0.05, 0.1) is 0 Å². The van der Waals surface area contributed by atoms with E-state index >= 15 is 0 Å². The summed E-state index contributed by atoms with van der Waals surface area (Å²) in [7, 11) is 0. The van der Waals surface area contributed by atoms with Crippen molar-refractivity contribution in [1.82, 2.24) is 0 Å². The van der Waals surface area contributed by atoms with E-state index in [-0.39, 0.29) is 0 Å². The molecule has 0 fully saturated rings. The lowest BCUT2D eigenvalue weighted by atomic mass is 9.96. The molecule has 78 valence electrons. The van der Waals surface area contributed by atoms with Crippen molar-refractivity contribution in [1.29, 1.82) is 0 Å². The highest BCUT2D eigenvalue weighted by Gasteiger charge is 2.42. The van der Waals surface area contributed by atoms with E-state index < -0.39 is 16.7 Å². The highest BCUT2D eigenvalue weighted by Crippen LogP contribution is 2.40. The maximum Gasteiger partial charge on any atom is 0.234 e. The van der Waals surface area contributed by atoms with Crippen molar-refractivity contribution in [3.63, 3.8) is 0 Å². The molecule has 0 amide bonds.